The van der Waals surface area contributed by atoms with Crippen LogP contribution in [0.4, 0.5) is 22.0 Å². The maximum atomic E-state index is 14.4. The van der Waals surface area contributed by atoms with Gasteiger partial charge in [0, 0.05) is 30.4 Å². The number of nitrogens with zero attached hydrogens (tertiary/aromatic N) is 2. The van der Waals surface area contributed by atoms with Crippen LogP contribution in [0.25, 0.3) is 11.1 Å². The molecule has 2 aromatic carbocycles. The van der Waals surface area contributed by atoms with Crippen molar-refractivity contribution in [3.8, 4) is 11.1 Å². The van der Waals surface area contributed by atoms with Gasteiger partial charge in [-0.05, 0) is 60.9 Å². The van der Waals surface area contributed by atoms with Gasteiger partial charge < -0.3 is 5.32 Å². The highest BCUT2D eigenvalue weighted by Crippen LogP contribution is 2.29. The number of hydrogen-bond acceptors (Lipinski definition) is 3. The third-order valence-electron chi connectivity index (χ3n) is 5.62. The Morgan fingerprint density at radius 3 is 2.43 bits per heavy atom. The summed E-state index contributed by atoms with van der Waals surface area (Å²) in [5.41, 5.74) is -0.0889. The first-order valence-corrected chi connectivity index (χ1v) is 11.8. The molecular formula is C24H20F5N3O2S. The number of amides is 1. The van der Waals surface area contributed by atoms with E-state index in [2.05, 4.69) is 10.3 Å². The smallest absolute Gasteiger partial charge is 0.351 e. The van der Waals surface area contributed by atoms with Crippen molar-refractivity contribution in [1.29, 1.82) is 0 Å². The Morgan fingerprint density at radius 2 is 1.77 bits per heavy atom. The molecule has 11 heteroatoms. The van der Waals surface area contributed by atoms with Crippen LogP contribution in [-0.4, -0.2) is 32.0 Å². The molecule has 1 fully saturated rings. The van der Waals surface area contributed by atoms with E-state index in [9.17, 15) is 31.0 Å². The fraction of sp³-hybridized carbons (Fsp3) is 0.250. The molecule has 1 aromatic heterocycles. The normalized spacial score (nSPS) is 17.3. The first-order valence-electron chi connectivity index (χ1n) is 10.7. The molecule has 1 saturated heterocycles. The van der Waals surface area contributed by atoms with Gasteiger partial charge in [-0.25, -0.2) is 17.3 Å². The molecule has 1 aliphatic rings. The summed E-state index contributed by atoms with van der Waals surface area (Å²) in [7, 11) is -1.66. The fourth-order valence-corrected chi connectivity index (χ4v) is 5.18. The number of aromatic nitrogens is 1. The molecule has 184 valence electrons. The summed E-state index contributed by atoms with van der Waals surface area (Å²) in [5, 5.41) is 2.66. The number of carbonyl (C=O) groups is 1. The minimum absolute atomic E-state index is 0.139. The van der Waals surface area contributed by atoms with Crippen molar-refractivity contribution < 1.29 is 31.0 Å². The minimum atomic E-state index is -4.56. The first-order chi connectivity index (χ1) is 16.6. The summed E-state index contributed by atoms with van der Waals surface area (Å²) in [6.45, 7) is 0.243. The van der Waals surface area contributed by atoms with Crippen molar-refractivity contribution in [2.45, 2.75) is 36.5 Å². The van der Waals surface area contributed by atoms with Crippen molar-refractivity contribution in [2.75, 3.05) is 6.54 Å². The first kappa shape index (κ1) is 24.9. The van der Waals surface area contributed by atoms with Gasteiger partial charge in [0.25, 0.3) is 0 Å². The zero-order valence-corrected chi connectivity index (χ0v) is 19.0. The molecule has 2 heterocycles. The molecule has 4 rings (SSSR count). The second-order valence-electron chi connectivity index (χ2n) is 7.96. The number of hydrogen-bond donors (Lipinski definition) is 1. The standard InChI is InChI=1S/C24H20F5N3O2S/c25-18-5-7-19(8-6-18)35(34)32-11-1-2-21(32)23(33)31-14-17-12-15(3-9-20(17)26)16-4-10-22(30-13-16)24(27,28)29/h3-10,12-13,21H,1-2,11,14H2,(H,31,33). The molecule has 0 radical (unpaired) electrons. The quantitative estimate of drug-likeness (QED) is 0.484. The molecule has 2 atom stereocenters. The monoisotopic (exact) mass is 509 g/mol. The maximum absolute atomic E-state index is 14.4. The third kappa shape index (κ3) is 5.73. The summed E-state index contributed by atoms with van der Waals surface area (Å²) < 4.78 is 80.2. The van der Waals surface area contributed by atoms with Crippen molar-refractivity contribution in [3.05, 3.63) is 83.7 Å². The van der Waals surface area contributed by atoms with Crippen molar-refractivity contribution in [1.82, 2.24) is 14.6 Å². The minimum Gasteiger partial charge on any atom is -0.351 e. The van der Waals surface area contributed by atoms with E-state index in [1.807, 2.05) is 0 Å². The lowest BCUT2D eigenvalue weighted by Gasteiger charge is -2.22. The van der Waals surface area contributed by atoms with E-state index in [0.29, 0.717) is 35.4 Å². The lowest BCUT2D eigenvalue weighted by Crippen LogP contribution is -2.43. The van der Waals surface area contributed by atoms with Gasteiger partial charge in [0.1, 0.15) is 34.4 Å². The number of rotatable bonds is 6. The molecule has 35 heavy (non-hydrogen) atoms. The second kappa shape index (κ2) is 10.2. The van der Waals surface area contributed by atoms with E-state index in [4.69, 9.17) is 0 Å². The predicted octanol–water partition coefficient (Wildman–Crippen LogP) is 4.85. The van der Waals surface area contributed by atoms with Crippen LogP contribution in [0.5, 0.6) is 0 Å². The van der Waals surface area contributed by atoms with Crippen molar-refractivity contribution in [2.24, 2.45) is 0 Å². The average Bonchev–Trinajstić information content (AvgIpc) is 3.33. The Bertz CT molecular complexity index is 1230. The number of nitrogens with one attached hydrogen (secondary N) is 1. The Labute approximate surface area is 200 Å². The predicted molar refractivity (Wildman–Crippen MR) is 119 cm³/mol. The van der Waals surface area contributed by atoms with E-state index in [-0.39, 0.29) is 12.1 Å². The number of benzene rings is 2. The lowest BCUT2D eigenvalue weighted by atomic mass is 10.0. The van der Waals surface area contributed by atoms with Gasteiger partial charge in [0.05, 0.1) is 4.90 Å². The van der Waals surface area contributed by atoms with Gasteiger partial charge in [-0.15, -0.1) is 0 Å². The van der Waals surface area contributed by atoms with Crippen LogP contribution < -0.4 is 5.32 Å². The third-order valence-corrected chi connectivity index (χ3v) is 7.16. The number of halogens is 5. The number of carbonyl (C=O) groups excluding carboxylic acids is 1. The molecule has 0 bridgehead atoms. The van der Waals surface area contributed by atoms with E-state index < -0.39 is 46.4 Å². The van der Waals surface area contributed by atoms with Crippen LogP contribution in [-0.2, 0) is 28.5 Å². The highest BCUT2D eigenvalue weighted by Gasteiger charge is 2.35. The second-order valence-corrected chi connectivity index (χ2v) is 9.39. The highest BCUT2D eigenvalue weighted by molar-refractivity contribution is 7.82. The summed E-state index contributed by atoms with van der Waals surface area (Å²) in [4.78, 5) is 16.6. The molecule has 3 aromatic rings. The summed E-state index contributed by atoms with van der Waals surface area (Å²) in [6.07, 6.45) is -2.42. The molecule has 5 nitrogen and oxygen atoms in total. The van der Waals surface area contributed by atoms with Gasteiger partial charge in [0.15, 0.2) is 0 Å². The Kier molecular flexibility index (Phi) is 7.27. The van der Waals surface area contributed by atoms with Crippen LogP contribution in [0, 0.1) is 11.6 Å². The van der Waals surface area contributed by atoms with Gasteiger partial charge in [0.2, 0.25) is 5.91 Å². The molecule has 1 aliphatic heterocycles. The fourth-order valence-electron chi connectivity index (χ4n) is 3.81. The number of pyridine rings is 1. The molecule has 1 amide bonds. The molecule has 0 spiro atoms. The Hall–Kier alpha value is -3.18. The van der Waals surface area contributed by atoms with Gasteiger partial charge in [-0.1, -0.05) is 12.1 Å². The van der Waals surface area contributed by atoms with Crippen LogP contribution in [0.15, 0.2) is 65.7 Å². The molecule has 0 saturated carbocycles. The van der Waals surface area contributed by atoms with Crippen molar-refractivity contribution >= 4 is 16.9 Å². The topological polar surface area (TPSA) is 62.3 Å². The summed E-state index contributed by atoms with van der Waals surface area (Å²) >= 11 is 0. The van der Waals surface area contributed by atoms with Gasteiger partial charge in [-0.2, -0.15) is 13.2 Å². The summed E-state index contributed by atoms with van der Waals surface area (Å²) in [6, 6.07) is 10.6. The van der Waals surface area contributed by atoms with E-state index in [0.717, 1.165) is 12.3 Å². The SMILES string of the molecule is O=C(NCc1cc(-c2ccc(C(F)(F)F)nc2)ccc1F)C1CCCN1S(=O)c1ccc(F)cc1. The van der Waals surface area contributed by atoms with Crippen LogP contribution in [0.3, 0.4) is 0 Å². The molecule has 0 aliphatic carbocycles. The summed E-state index contributed by atoms with van der Waals surface area (Å²) in [5.74, 6) is -1.48. The lowest BCUT2D eigenvalue weighted by molar-refractivity contribution is -0.141. The largest absolute Gasteiger partial charge is 0.433 e. The van der Waals surface area contributed by atoms with Crippen LogP contribution >= 0.6 is 0 Å². The molecular weight excluding hydrogens is 489 g/mol. The average molecular weight is 510 g/mol. The van der Waals surface area contributed by atoms with Crippen molar-refractivity contribution in [3.63, 3.8) is 0 Å². The number of alkyl halides is 3. The Morgan fingerprint density at radius 1 is 1.06 bits per heavy atom. The Balaban J connectivity index is 1.44. The van der Waals surface area contributed by atoms with Gasteiger partial charge in [-0.3, -0.25) is 9.78 Å². The highest BCUT2D eigenvalue weighted by atomic mass is 32.2. The maximum Gasteiger partial charge on any atom is 0.433 e. The zero-order valence-electron chi connectivity index (χ0n) is 18.2. The van der Waals surface area contributed by atoms with E-state index in [1.165, 1.54) is 52.8 Å². The van der Waals surface area contributed by atoms with Crippen LogP contribution in [0.2, 0.25) is 0 Å². The van der Waals surface area contributed by atoms with Crippen LogP contribution in [0.1, 0.15) is 24.1 Å². The molecule has 1 N–H and O–H groups in total. The zero-order chi connectivity index (χ0) is 25.2. The van der Waals surface area contributed by atoms with E-state index in [1.54, 1.807) is 0 Å². The van der Waals surface area contributed by atoms with Gasteiger partial charge >= 0.3 is 6.18 Å². The molecule has 2 unspecified atom stereocenters. The van der Waals surface area contributed by atoms with E-state index >= 15 is 0 Å².